The molecule has 28 heavy (non-hydrogen) atoms. The number of carboxylic acid groups (broad SMARTS) is 1. The van der Waals surface area contributed by atoms with Crippen LogP contribution in [-0.2, 0) is 4.79 Å². The molecule has 4 aliphatic carbocycles. The van der Waals surface area contributed by atoms with Crippen LogP contribution in [0.15, 0.2) is 12.2 Å². The predicted octanol–water partition coefficient (Wildman–Crippen LogP) is 4.25. The Bertz CT molecular complexity index is 645. The summed E-state index contributed by atoms with van der Waals surface area (Å²) in [6.07, 6.45) is 11.2. The Kier molecular flexibility index (Phi) is 5.19. The van der Waals surface area contributed by atoms with Gasteiger partial charge in [-0.3, -0.25) is 4.79 Å². The van der Waals surface area contributed by atoms with E-state index in [2.05, 4.69) is 32.9 Å². The highest BCUT2D eigenvalue weighted by Crippen LogP contribution is 2.66. The molecular weight excluding hydrogens is 352 g/mol. The molecular formula is C24H38O4. The molecule has 4 nitrogen and oxygen atoms in total. The van der Waals surface area contributed by atoms with Crippen LogP contribution in [-0.4, -0.2) is 33.5 Å². The van der Waals surface area contributed by atoms with Crippen LogP contribution in [0.25, 0.3) is 0 Å². The van der Waals surface area contributed by atoms with Crippen LogP contribution >= 0.6 is 0 Å². The zero-order valence-electron chi connectivity index (χ0n) is 17.7. The summed E-state index contributed by atoms with van der Waals surface area (Å²) in [6.45, 7) is 6.89. The van der Waals surface area contributed by atoms with Crippen LogP contribution in [0.3, 0.4) is 0 Å². The Morgan fingerprint density at radius 1 is 1.11 bits per heavy atom. The van der Waals surface area contributed by atoms with E-state index in [4.69, 9.17) is 5.11 Å². The van der Waals surface area contributed by atoms with Gasteiger partial charge in [0.25, 0.3) is 0 Å². The van der Waals surface area contributed by atoms with Gasteiger partial charge in [0.15, 0.2) is 0 Å². The van der Waals surface area contributed by atoms with Crippen LogP contribution < -0.4 is 0 Å². The third-order valence-electron chi connectivity index (χ3n) is 9.81. The predicted molar refractivity (Wildman–Crippen MR) is 109 cm³/mol. The first kappa shape index (κ1) is 20.4. The van der Waals surface area contributed by atoms with Gasteiger partial charge in [0.05, 0.1) is 12.2 Å². The molecule has 3 fully saturated rings. The molecule has 0 aromatic carbocycles. The van der Waals surface area contributed by atoms with E-state index >= 15 is 0 Å². The summed E-state index contributed by atoms with van der Waals surface area (Å²) in [5.74, 6) is 1.94. The standard InChI is InChI=1S/C24H38O4/c1-14(4-9-22(27)28)18-7-8-19-17-6-5-15-12-16(25)10-11-23(15,2)20(17)13-21(26)24(18,19)3/h5-6,14-21,25-26H,4,7-13H2,1-3H3,(H,27,28)/t14-,15-,16-,17+,18-,19+,20+,21-,23+,24-/m1/s1. The van der Waals surface area contributed by atoms with E-state index in [0.717, 1.165) is 38.5 Å². The van der Waals surface area contributed by atoms with E-state index in [1.165, 1.54) is 0 Å². The van der Waals surface area contributed by atoms with E-state index in [1.807, 2.05) is 0 Å². The molecule has 4 heteroatoms. The fourth-order valence-electron chi connectivity index (χ4n) is 8.08. The number of rotatable bonds is 4. The number of carbonyl (C=O) groups is 1. The smallest absolute Gasteiger partial charge is 0.303 e. The summed E-state index contributed by atoms with van der Waals surface area (Å²) in [5.41, 5.74) is 0.0781. The van der Waals surface area contributed by atoms with Gasteiger partial charge in [-0.05, 0) is 91.3 Å². The van der Waals surface area contributed by atoms with E-state index in [0.29, 0.717) is 41.9 Å². The fourth-order valence-corrected chi connectivity index (χ4v) is 8.08. The number of aliphatic carboxylic acids is 1. The van der Waals surface area contributed by atoms with Crippen molar-refractivity contribution in [1.29, 1.82) is 0 Å². The van der Waals surface area contributed by atoms with Gasteiger partial charge in [-0.25, -0.2) is 0 Å². The van der Waals surface area contributed by atoms with Gasteiger partial charge in [-0.15, -0.1) is 0 Å². The fraction of sp³-hybridized carbons (Fsp3) is 0.875. The number of aliphatic hydroxyl groups excluding tert-OH is 2. The zero-order chi connectivity index (χ0) is 20.3. The highest BCUT2D eigenvalue weighted by Gasteiger charge is 2.62. The molecule has 10 atom stereocenters. The maximum absolute atomic E-state index is 11.4. The summed E-state index contributed by atoms with van der Waals surface area (Å²) in [7, 11) is 0. The van der Waals surface area contributed by atoms with Gasteiger partial charge in [0.2, 0.25) is 0 Å². The van der Waals surface area contributed by atoms with Crippen LogP contribution in [0.4, 0.5) is 0 Å². The maximum atomic E-state index is 11.4. The number of allylic oxidation sites excluding steroid dienone is 2. The average molecular weight is 391 g/mol. The number of carboxylic acids is 1. The molecule has 0 saturated heterocycles. The minimum absolute atomic E-state index is 0.110. The van der Waals surface area contributed by atoms with Gasteiger partial charge < -0.3 is 15.3 Å². The third kappa shape index (κ3) is 2.98. The lowest BCUT2D eigenvalue weighted by atomic mass is 9.45. The van der Waals surface area contributed by atoms with Crippen LogP contribution in [0.5, 0.6) is 0 Å². The lowest BCUT2D eigenvalue weighted by Gasteiger charge is -2.60. The van der Waals surface area contributed by atoms with Crippen molar-refractivity contribution in [2.75, 3.05) is 0 Å². The van der Waals surface area contributed by atoms with Crippen molar-refractivity contribution in [3.63, 3.8) is 0 Å². The summed E-state index contributed by atoms with van der Waals surface area (Å²) >= 11 is 0. The Morgan fingerprint density at radius 2 is 1.86 bits per heavy atom. The Morgan fingerprint density at radius 3 is 2.57 bits per heavy atom. The number of aliphatic hydroxyl groups is 2. The van der Waals surface area contributed by atoms with Crippen molar-refractivity contribution in [2.45, 2.75) is 84.3 Å². The lowest BCUT2D eigenvalue weighted by molar-refractivity contribution is -0.145. The number of hydrogen-bond acceptors (Lipinski definition) is 3. The molecule has 0 bridgehead atoms. The van der Waals surface area contributed by atoms with Crippen molar-refractivity contribution in [3.8, 4) is 0 Å². The van der Waals surface area contributed by atoms with Gasteiger partial charge in [-0.2, -0.15) is 0 Å². The molecule has 0 radical (unpaired) electrons. The van der Waals surface area contributed by atoms with Crippen LogP contribution in [0.2, 0.25) is 0 Å². The SMILES string of the molecule is C[C@H](CCC(=O)O)[C@H]1CC[C@H]2[C@@H]3C=C[C@@H]4C[C@H](O)CC[C@]4(C)[C@H]3C[C@@H](O)[C@]12C. The second-order valence-electron chi connectivity index (χ2n) is 10.9. The van der Waals surface area contributed by atoms with Gasteiger partial charge in [0.1, 0.15) is 0 Å². The largest absolute Gasteiger partial charge is 0.481 e. The molecule has 3 N–H and O–H groups in total. The molecule has 0 aromatic heterocycles. The molecule has 0 spiro atoms. The third-order valence-corrected chi connectivity index (χ3v) is 9.81. The first-order valence-electron chi connectivity index (χ1n) is 11.4. The average Bonchev–Trinajstić information content (AvgIpc) is 3.00. The summed E-state index contributed by atoms with van der Waals surface area (Å²) in [6, 6.07) is 0. The molecule has 0 aliphatic heterocycles. The second-order valence-corrected chi connectivity index (χ2v) is 10.9. The highest BCUT2D eigenvalue weighted by molar-refractivity contribution is 5.66. The number of hydrogen-bond donors (Lipinski definition) is 3. The second kappa shape index (κ2) is 7.12. The van der Waals surface area contributed by atoms with E-state index < -0.39 is 5.97 Å². The Balaban J connectivity index is 1.60. The number of fused-ring (bicyclic) bond motifs is 5. The first-order valence-corrected chi connectivity index (χ1v) is 11.4. The molecule has 0 aromatic rings. The molecule has 4 rings (SSSR count). The van der Waals surface area contributed by atoms with Crippen LogP contribution in [0, 0.1) is 46.3 Å². The molecule has 0 heterocycles. The molecule has 0 unspecified atom stereocenters. The van der Waals surface area contributed by atoms with E-state index in [-0.39, 0.29) is 29.5 Å². The minimum Gasteiger partial charge on any atom is -0.481 e. The van der Waals surface area contributed by atoms with Gasteiger partial charge in [0, 0.05) is 6.42 Å². The highest BCUT2D eigenvalue weighted by atomic mass is 16.4. The molecule has 0 amide bonds. The summed E-state index contributed by atoms with van der Waals surface area (Å²) in [4.78, 5) is 11.0. The molecule has 158 valence electrons. The first-order chi connectivity index (χ1) is 13.2. The van der Waals surface area contributed by atoms with Gasteiger partial charge in [-0.1, -0.05) is 32.9 Å². The Labute approximate surface area is 169 Å². The van der Waals surface area contributed by atoms with Crippen molar-refractivity contribution in [3.05, 3.63) is 12.2 Å². The minimum atomic E-state index is -0.718. The molecule has 4 aliphatic rings. The molecule has 3 saturated carbocycles. The maximum Gasteiger partial charge on any atom is 0.303 e. The lowest BCUT2D eigenvalue weighted by Crippen LogP contribution is -2.57. The van der Waals surface area contributed by atoms with Crippen molar-refractivity contribution in [2.24, 2.45) is 46.3 Å². The monoisotopic (exact) mass is 390 g/mol. The van der Waals surface area contributed by atoms with E-state index in [1.54, 1.807) is 0 Å². The van der Waals surface area contributed by atoms with Crippen LogP contribution in [0.1, 0.15) is 72.1 Å². The topological polar surface area (TPSA) is 77.8 Å². The van der Waals surface area contributed by atoms with E-state index in [9.17, 15) is 15.0 Å². The summed E-state index contributed by atoms with van der Waals surface area (Å²) in [5, 5.41) is 30.7. The van der Waals surface area contributed by atoms with Crippen molar-refractivity contribution < 1.29 is 20.1 Å². The zero-order valence-corrected chi connectivity index (χ0v) is 17.7. The normalized spacial score (nSPS) is 51.1. The van der Waals surface area contributed by atoms with Gasteiger partial charge >= 0.3 is 5.97 Å². The van der Waals surface area contributed by atoms with Crippen molar-refractivity contribution in [1.82, 2.24) is 0 Å². The quantitative estimate of drug-likeness (QED) is 0.627. The van der Waals surface area contributed by atoms with Crippen molar-refractivity contribution >= 4 is 5.97 Å². The Hall–Kier alpha value is -0.870. The summed E-state index contributed by atoms with van der Waals surface area (Å²) < 4.78 is 0.